The summed E-state index contributed by atoms with van der Waals surface area (Å²) in [6, 6.07) is 17.1. The summed E-state index contributed by atoms with van der Waals surface area (Å²) in [5, 5.41) is 20.2. The number of aliphatic hydroxyl groups excluding tert-OH is 2. The number of nitrogens with one attached hydrogen (secondary N) is 1. The first-order valence-corrected chi connectivity index (χ1v) is 20.2. The highest BCUT2D eigenvalue weighted by atomic mass is 35.5. The van der Waals surface area contributed by atoms with E-state index in [1.54, 1.807) is 61.8 Å². The van der Waals surface area contributed by atoms with Gasteiger partial charge in [-0.2, -0.15) is 0 Å². The number of hydrogen-bond donors (Lipinski definition) is 3. The van der Waals surface area contributed by atoms with E-state index < -0.39 is 32.7 Å². The molecule has 3 unspecified atom stereocenters. The van der Waals surface area contributed by atoms with Crippen LogP contribution in [0.25, 0.3) is 0 Å². The lowest BCUT2D eigenvalue weighted by Crippen LogP contribution is -2.60. The molecule has 3 atom stereocenters. The summed E-state index contributed by atoms with van der Waals surface area (Å²) in [6.45, 7) is 13.2. The van der Waals surface area contributed by atoms with Crippen molar-refractivity contribution in [1.82, 2.24) is 19.4 Å². The Morgan fingerprint density at radius 1 is 0.962 bits per heavy atom. The Bertz CT molecular complexity index is 1930. The number of amides is 2. The van der Waals surface area contributed by atoms with Gasteiger partial charge in [0.2, 0.25) is 10.0 Å². The molecule has 2 aliphatic rings. The van der Waals surface area contributed by atoms with Crippen LogP contribution in [0.3, 0.4) is 0 Å². The zero-order chi connectivity index (χ0) is 38.9. The Kier molecular flexibility index (Phi) is 12.5. The molecule has 0 saturated carbocycles. The molecule has 0 spiro atoms. The molecule has 11 nitrogen and oxygen atoms in total. The molecule has 2 amide bonds. The first-order valence-electron chi connectivity index (χ1n) is 17.6. The van der Waals surface area contributed by atoms with Gasteiger partial charge in [-0.25, -0.2) is 17.9 Å². The second-order valence-corrected chi connectivity index (χ2v) is 17.7. The highest BCUT2D eigenvalue weighted by Crippen LogP contribution is 2.54. The van der Waals surface area contributed by atoms with Gasteiger partial charge in [0.1, 0.15) is 27.6 Å². The second-order valence-electron chi connectivity index (χ2n) is 14.7. The Morgan fingerprint density at radius 3 is 2.06 bits per heavy atom. The summed E-state index contributed by atoms with van der Waals surface area (Å²) >= 11 is 19.5. The van der Waals surface area contributed by atoms with E-state index in [4.69, 9.17) is 44.5 Å². The van der Waals surface area contributed by atoms with E-state index in [1.807, 2.05) is 38.1 Å². The molecule has 2 heterocycles. The van der Waals surface area contributed by atoms with Crippen molar-refractivity contribution in [3.8, 4) is 5.75 Å². The molecule has 0 radical (unpaired) electrons. The second kappa shape index (κ2) is 16.0. The molecule has 53 heavy (non-hydrogen) atoms. The quantitative estimate of drug-likeness (QED) is 0.202. The summed E-state index contributed by atoms with van der Waals surface area (Å²) < 4.78 is 36.5. The van der Waals surface area contributed by atoms with Gasteiger partial charge in [0.25, 0.3) is 0 Å². The summed E-state index contributed by atoms with van der Waals surface area (Å²) in [4.78, 5) is 26.0. The fourth-order valence-electron chi connectivity index (χ4n) is 6.94. The minimum absolute atomic E-state index is 0.0474. The number of aliphatic hydroxyl groups is 2. The Morgan fingerprint density at radius 2 is 1.53 bits per heavy atom. The van der Waals surface area contributed by atoms with Gasteiger partial charge < -0.3 is 19.8 Å². The van der Waals surface area contributed by atoms with Gasteiger partial charge >= 0.3 is 6.03 Å². The molecule has 2 aliphatic heterocycles. The molecular formula is C38H48Cl3N5O6S. The topological polar surface area (TPSA) is 135 Å². The molecule has 1 fully saturated rings. The first kappa shape index (κ1) is 41.2. The standard InChI is InChI=1S/C38H48Cl3N5O6S/c1-7-52-32-23-31(41)33(53(50,51)43-36(2,3)4)22-30(32)34-42-37(5,25-8-12-27(39)13-9-25)38(6,26-10-14-28(40)15-11-26)46(34)35(49)45-20-18-44(19-21-45)17-16-29(48)24-47/h8-15,22-23,29,43,47-48H,7,16-21,24H2,1-6H3. The molecule has 15 heteroatoms. The molecule has 0 aromatic heterocycles. The van der Waals surface area contributed by atoms with Crippen molar-refractivity contribution < 1.29 is 28.2 Å². The number of halogens is 3. The number of urea groups is 1. The SMILES string of the molecule is CCOc1cc(Cl)c(S(=O)(=O)NC(C)(C)C)cc1C1=NC(C)(c2ccc(Cl)cc2)C(C)(c2ccc(Cl)cc2)N1C(=O)N1CCN(CCC(O)CO)CC1. The van der Waals surface area contributed by atoms with Crippen LogP contribution in [0.2, 0.25) is 15.1 Å². The smallest absolute Gasteiger partial charge is 0.326 e. The molecule has 1 saturated heterocycles. The van der Waals surface area contributed by atoms with E-state index in [0.29, 0.717) is 49.2 Å². The van der Waals surface area contributed by atoms with Crippen LogP contribution in [0, 0.1) is 0 Å². The number of amidine groups is 1. The minimum atomic E-state index is -4.16. The van der Waals surface area contributed by atoms with Crippen molar-refractivity contribution in [2.75, 3.05) is 45.9 Å². The lowest BCUT2D eigenvalue weighted by Gasteiger charge is -2.47. The normalized spacial score (nSPS) is 21.8. The number of piperazine rings is 1. The van der Waals surface area contributed by atoms with Gasteiger partial charge in [0, 0.05) is 54.4 Å². The van der Waals surface area contributed by atoms with E-state index in [-0.39, 0.29) is 46.3 Å². The monoisotopic (exact) mass is 807 g/mol. The lowest BCUT2D eigenvalue weighted by molar-refractivity contribution is 0.0624. The van der Waals surface area contributed by atoms with Crippen LogP contribution in [0.5, 0.6) is 5.75 Å². The van der Waals surface area contributed by atoms with Crippen molar-refractivity contribution in [3.63, 3.8) is 0 Å². The Hall–Kier alpha value is -2.94. The number of benzene rings is 3. The van der Waals surface area contributed by atoms with Crippen molar-refractivity contribution >= 4 is 56.7 Å². The third kappa shape index (κ3) is 8.50. The van der Waals surface area contributed by atoms with E-state index in [2.05, 4.69) is 9.62 Å². The number of carbonyl (C=O) groups is 1. The van der Waals surface area contributed by atoms with Crippen LogP contribution < -0.4 is 9.46 Å². The predicted octanol–water partition coefficient (Wildman–Crippen LogP) is 6.50. The largest absolute Gasteiger partial charge is 0.493 e. The van der Waals surface area contributed by atoms with Gasteiger partial charge in [-0.15, -0.1) is 0 Å². The Balaban J connectivity index is 1.74. The van der Waals surface area contributed by atoms with Crippen molar-refractivity contribution in [2.45, 2.75) is 75.6 Å². The number of carbonyl (C=O) groups excluding carboxylic acids is 1. The maximum atomic E-state index is 15.3. The van der Waals surface area contributed by atoms with E-state index in [9.17, 15) is 18.6 Å². The fraction of sp³-hybridized carbons (Fsp3) is 0.474. The molecule has 288 valence electrons. The van der Waals surface area contributed by atoms with Gasteiger partial charge in [-0.3, -0.25) is 14.8 Å². The lowest BCUT2D eigenvalue weighted by atomic mass is 9.71. The van der Waals surface area contributed by atoms with Crippen molar-refractivity contribution in [2.24, 2.45) is 4.99 Å². The fourth-order valence-corrected chi connectivity index (χ4v) is 9.16. The van der Waals surface area contributed by atoms with Gasteiger partial charge in [-0.05, 0) is 89.4 Å². The van der Waals surface area contributed by atoms with Crippen LogP contribution >= 0.6 is 34.8 Å². The molecule has 5 rings (SSSR count). The van der Waals surface area contributed by atoms with Gasteiger partial charge in [0.15, 0.2) is 0 Å². The third-order valence-corrected chi connectivity index (χ3v) is 12.6. The van der Waals surface area contributed by atoms with E-state index >= 15 is 4.79 Å². The average molecular weight is 809 g/mol. The number of rotatable bonds is 11. The van der Waals surface area contributed by atoms with Crippen LogP contribution in [-0.2, 0) is 21.1 Å². The molecule has 0 bridgehead atoms. The zero-order valence-electron chi connectivity index (χ0n) is 30.9. The third-order valence-electron chi connectivity index (χ3n) is 9.88. The average Bonchev–Trinajstić information content (AvgIpc) is 3.34. The van der Waals surface area contributed by atoms with Gasteiger partial charge in [0.05, 0.1) is 29.9 Å². The number of sulfonamides is 1. The van der Waals surface area contributed by atoms with Gasteiger partial charge in [-0.1, -0.05) is 59.1 Å². The molecule has 3 aromatic carbocycles. The maximum Gasteiger partial charge on any atom is 0.326 e. The van der Waals surface area contributed by atoms with Crippen LogP contribution in [-0.4, -0.2) is 103 Å². The van der Waals surface area contributed by atoms with Crippen LogP contribution in [0.1, 0.15) is 64.7 Å². The molecular weight excluding hydrogens is 761 g/mol. The minimum Gasteiger partial charge on any atom is -0.493 e. The summed E-state index contributed by atoms with van der Waals surface area (Å²) in [5.74, 6) is 0.459. The molecule has 3 N–H and O–H groups in total. The Labute approximate surface area is 327 Å². The number of nitrogens with zero attached hydrogens (tertiary/aromatic N) is 4. The zero-order valence-corrected chi connectivity index (χ0v) is 34.0. The maximum absolute atomic E-state index is 15.3. The molecule has 3 aromatic rings. The summed E-state index contributed by atoms with van der Waals surface area (Å²) in [5.41, 5.74) is -1.43. The predicted molar refractivity (Wildman–Crippen MR) is 210 cm³/mol. The van der Waals surface area contributed by atoms with Crippen LogP contribution in [0.15, 0.2) is 70.6 Å². The number of hydrogen-bond acceptors (Lipinski definition) is 8. The van der Waals surface area contributed by atoms with Crippen LogP contribution in [0.4, 0.5) is 4.79 Å². The highest BCUT2D eigenvalue weighted by molar-refractivity contribution is 7.89. The van der Waals surface area contributed by atoms with Crippen molar-refractivity contribution in [3.05, 3.63) is 92.4 Å². The number of ether oxygens (including phenoxy) is 1. The molecule has 0 aliphatic carbocycles. The highest BCUT2D eigenvalue weighted by Gasteiger charge is 2.60. The summed E-state index contributed by atoms with van der Waals surface area (Å²) in [6.07, 6.45) is -0.400. The van der Waals surface area contributed by atoms with E-state index in [1.165, 1.54) is 12.1 Å². The van der Waals surface area contributed by atoms with Crippen molar-refractivity contribution in [1.29, 1.82) is 0 Å². The summed E-state index contributed by atoms with van der Waals surface area (Å²) in [7, 11) is -4.16. The van der Waals surface area contributed by atoms with E-state index in [0.717, 1.165) is 11.1 Å². The first-order chi connectivity index (χ1) is 24.8. The number of aliphatic imine (C=N–C) groups is 1.